The summed E-state index contributed by atoms with van der Waals surface area (Å²) in [6.07, 6.45) is 15.0. The summed E-state index contributed by atoms with van der Waals surface area (Å²) in [5.74, 6) is 5.70. The quantitative estimate of drug-likeness (QED) is 0.113. The van der Waals surface area contributed by atoms with Crippen LogP contribution < -0.4 is 4.74 Å². The van der Waals surface area contributed by atoms with Crippen LogP contribution in [0.1, 0.15) is 112 Å². The van der Waals surface area contributed by atoms with Crippen LogP contribution in [0.25, 0.3) is 0 Å². The van der Waals surface area contributed by atoms with Crippen molar-refractivity contribution in [2.24, 2.45) is 46.3 Å². The van der Waals surface area contributed by atoms with Crippen molar-refractivity contribution >= 4 is 28.7 Å². The van der Waals surface area contributed by atoms with Crippen molar-refractivity contribution in [3.05, 3.63) is 39.5 Å². The minimum atomic E-state index is -0.700. The van der Waals surface area contributed by atoms with Gasteiger partial charge in [0.2, 0.25) is 6.29 Å². The number of carbonyl (C=O) groups excluding carboxylic acids is 1. The maximum Gasteiger partial charge on any atom is 0.511 e. The molecule has 228 valence electrons. The number of ether oxygens (including phenoxy) is 3. The molecule has 41 heavy (non-hydrogen) atoms. The SMILES string of the molecule is CC(C)CCC[C@@H](C)[C@H]1CCC2C3CC=C4C[C@@H](OC(=O)OC(C)Oc5cccc(I)c5)CC[C@]4(C)C3CC[C@@]21C. The van der Waals surface area contributed by atoms with Gasteiger partial charge in [0.25, 0.3) is 0 Å². The first-order valence-electron chi connectivity index (χ1n) is 16.5. The molecule has 4 aliphatic carbocycles. The highest BCUT2D eigenvalue weighted by Gasteiger charge is 2.59. The molecule has 1 aromatic rings. The summed E-state index contributed by atoms with van der Waals surface area (Å²) in [5, 5.41) is 0. The maximum atomic E-state index is 12.6. The van der Waals surface area contributed by atoms with Gasteiger partial charge >= 0.3 is 6.16 Å². The van der Waals surface area contributed by atoms with Crippen molar-refractivity contribution in [1.82, 2.24) is 0 Å². The minimum Gasteiger partial charge on any atom is -0.455 e. The predicted molar refractivity (Wildman–Crippen MR) is 174 cm³/mol. The van der Waals surface area contributed by atoms with Crippen molar-refractivity contribution in [2.45, 2.75) is 125 Å². The number of hydrogen-bond acceptors (Lipinski definition) is 4. The largest absolute Gasteiger partial charge is 0.511 e. The van der Waals surface area contributed by atoms with Gasteiger partial charge in [-0.25, -0.2) is 4.79 Å². The molecule has 4 nitrogen and oxygen atoms in total. The molecule has 9 atom stereocenters. The number of benzene rings is 1. The predicted octanol–water partition coefficient (Wildman–Crippen LogP) is 10.6. The fourth-order valence-corrected chi connectivity index (χ4v) is 10.3. The summed E-state index contributed by atoms with van der Waals surface area (Å²) in [7, 11) is 0. The Morgan fingerprint density at radius 1 is 1.02 bits per heavy atom. The second-order valence-electron chi connectivity index (χ2n) is 14.8. The number of carbonyl (C=O) groups is 1. The molecule has 3 fully saturated rings. The molecule has 0 aliphatic heterocycles. The number of rotatable bonds is 9. The molecule has 5 rings (SSSR count). The molecule has 4 aliphatic rings. The summed E-state index contributed by atoms with van der Waals surface area (Å²) in [5.41, 5.74) is 2.29. The van der Waals surface area contributed by atoms with Crippen LogP contribution in [0.15, 0.2) is 35.9 Å². The Hall–Kier alpha value is -1.24. The van der Waals surface area contributed by atoms with Crippen molar-refractivity contribution in [1.29, 1.82) is 0 Å². The number of allylic oxidation sites excluding steroid dienone is 1. The highest BCUT2D eigenvalue weighted by molar-refractivity contribution is 14.1. The highest BCUT2D eigenvalue weighted by Crippen LogP contribution is 2.67. The average molecular weight is 677 g/mol. The molecule has 1 aromatic carbocycles. The zero-order chi connectivity index (χ0) is 29.4. The smallest absolute Gasteiger partial charge is 0.455 e. The zero-order valence-corrected chi connectivity index (χ0v) is 28.5. The average Bonchev–Trinajstić information content (AvgIpc) is 3.26. The molecule has 0 amide bonds. The third-order valence-electron chi connectivity index (χ3n) is 11.9. The van der Waals surface area contributed by atoms with Gasteiger partial charge in [0, 0.05) is 16.9 Å². The summed E-state index contributed by atoms with van der Waals surface area (Å²) in [6, 6.07) is 7.72. The summed E-state index contributed by atoms with van der Waals surface area (Å²) in [4.78, 5) is 12.6. The van der Waals surface area contributed by atoms with E-state index >= 15 is 0 Å². The van der Waals surface area contributed by atoms with Gasteiger partial charge in [-0.2, -0.15) is 0 Å². The fraction of sp³-hybridized carbons (Fsp3) is 0.750. The van der Waals surface area contributed by atoms with Gasteiger partial charge in [-0.1, -0.05) is 71.6 Å². The Labute approximate surface area is 262 Å². The van der Waals surface area contributed by atoms with Gasteiger partial charge in [-0.05, 0) is 132 Å². The molecule has 0 aromatic heterocycles. The second kappa shape index (κ2) is 12.8. The van der Waals surface area contributed by atoms with E-state index in [1.54, 1.807) is 6.92 Å². The molecular formula is C36H53IO4. The van der Waals surface area contributed by atoms with Crippen LogP contribution in [0, 0.1) is 49.9 Å². The molecule has 0 N–H and O–H groups in total. The monoisotopic (exact) mass is 676 g/mol. The van der Waals surface area contributed by atoms with Crippen molar-refractivity contribution < 1.29 is 19.0 Å². The Balaban J connectivity index is 1.17. The third kappa shape index (κ3) is 6.65. The van der Waals surface area contributed by atoms with E-state index in [1.165, 1.54) is 56.9 Å². The van der Waals surface area contributed by atoms with E-state index in [1.807, 2.05) is 24.3 Å². The fourth-order valence-electron chi connectivity index (χ4n) is 9.81. The van der Waals surface area contributed by atoms with E-state index in [0.29, 0.717) is 11.2 Å². The molecule has 0 bridgehead atoms. The lowest BCUT2D eigenvalue weighted by Crippen LogP contribution is -2.51. The lowest BCUT2D eigenvalue weighted by Gasteiger charge is -2.58. The van der Waals surface area contributed by atoms with Gasteiger partial charge in [0.1, 0.15) is 11.9 Å². The minimum absolute atomic E-state index is 0.111. The Morgan fingerprint density at radius 3 is 2.59 bits per heavy atom. The molecule has 0 radical (unpaired) electrons. The van der Waals surface area contributed by atoms with E-state index in [-0.39, 0.29) is 11.5 Å². The van der Waals surface area contributed by atoms with Crippen molar-refractivity contribution in [2.75, 3.05) is 0 Å². The van der Waals surface area contributed by atoms with Gasteiger partial charge < -0.3 is 14.2 Å². The Bertz CT molecular complexity index is 1100. The lowest BCUT2D eigenvalue weighted by atomic mass is 9.47. The number of hydrogen-bond donors (Lipinski definition) is 0. The van der Waals surface area contributed by atoms with Crippen LogP contribution in [-0.2, 0) is 9.47 Å². The molecule has 0 spiro atoms. The molecule has 0 heterocycles. The maximum absolute atomic E-state index is 12.6. The van der Waals surface area contributed by atoms with Gasteiger partial charge in [-0.15, -0.1) is 0 Å². The second-order valence-corrected chi connectivity index (χ2v) is 16.0. The van der Waals surface area contributed by atoms with Gasteiger partial charge in [0.05, 0.1) is 0 Å². The number of halogens is 1. The summed E-state index contributed by atoms with van der Waals surface area (Å²) >= 11 is 2.24. The molecule has 0 saturated heterocycles. The third-order valence-corrected chi connectivity index (χ3v) is 12.6. The Morgan fingerprint density at radius 2 is 1.83 bits per heavy atom. The summed E-state index contributed by atoms with van der Waals surface area (Å²) in [6.45, 7) is 14.2. The van der Waals surface area contributed by atoms with Crippen LogP contribution in [0.2, 0.25) is 0 Å². The first-order valence-corrected chi connectivity index (χ1v) is 17.6. The van der Waals surface area contributed by atoms with Gasteiger partial charge in [0.15, 0.2) is 0 Å². The van der Waals surface area contributed by atoms with E-state index < -0.39 is 12.4 Å². The van der Waals surface area contributed by atoms with Gasteiger partial charge in [-0.3, -0.25) is 0 Å². The zero-order valence-electron chi connectivity index (χ0n) is 26.3. The lowest BCUT2D eigenvalue weighted by molar-refractivity contribution is -0.0802. The van der Waals surface area contributed by atoms with E-state index in [4.69, 9.17) is 14.2 Å². The van der Waals surface area contributed by atoms with Crippen LogP contribution >= 0.6 is 22.6 Å². The first-order chi connectivity index (χ1) is 19.5. The van der Waals surface area contributed by atoms with Crippen LogP contribution in [0.5, 0.6) is 5.75 Å². The molecule has 5 heteroatoms. The molecule has 4 unspecified atom stereocenters. The highest BCUT2D eigenvalue weighted by atomic mass is 127. The van der Waals surface area contributed by atoms with E-state index in [0.717, 1.165) is 58.3 Å². The number of fused-ring (bicyclic) bond motifs is 5. The molecule has 3 saturated carbocycles. The van der Waals surface area contributed by atoms with Crippen molar-refractivity contribution in [3.63, 3.8) is 0 Å². The van der Waals surface area contributed by atoms with Crippen LogP contribution in [0.4, 0.5) is 4.79 Å². The van der Waals surface area contributed by atoms with E-state index in [2.05, 4.69) is 63.3 Å². The van der Waals surface area contributed by atoms with Crippen molar-refractivity contribution in [3.8, 4) is 5.75 Å². The Kier molecular flexibility index (Phi) is 9.72. The molecular weight excluding hydrogens is 623 g/mol. The van der Waals surface area contributed by atoms with Crippen LogP contribution in [0.3, 0.4) is 0 Å². The first kappa shape index (κ1) is 31.2. The normalized spacial score (nSPS) is 35.9. The van der Waals surface area contributed by atoms with E-state index in [9.17, 15) is 4.79 Å². The summed E-state index contributed by atoms with van der Waals surface area (Å²) < 4.78 is 18.1. The standard InChI is InChI=1S/C36H53IO4/c1-23(2)9-7-10-24(3)31-15-16-32-30-14-13-26-21-29(17-19-35(26,5)33(30)18-20-36(31,32)6)41-34(38)40-25(4)39-28-12-8-11-27(37)22-28/h8,11-13,22-25,29-33H,7,9-10,14-21H2,1-6H3/t24-,25?,29+,30?,31-,32?,33?,35+,36-/m1/s1. The topological polar surface area (TPSA) is 44.8 Å². The van der Waals surface area contributed by atoms with Crippen LogP contribution in [-0.4, -0.2) is 18.5 Å².